The lowest BCUT2D eigenvalue weighted by Gasteiger charge is -2.21. The molecule has 2 unspecified atom stereocenters. The van der Waals surface area contributed by atoms with Gasteiger partial charge in [0.1, 0.15) is 0 Å². The molecule has 0 saturated carbocycles. The number of carbonyl (C=O) groups excluding carboxylic acids is 1. The second-order valence-electron chi connectivity index (χ2n) is 5.06. The molecular weight excluding hydrogens is 224 g/mol. The summed E-state index contributed by atoms with van der Waals surface area (Å²) >= 11 is 0. The van der Waals surface area contributed by atoms with Crippen LogP contribution < -0.4 is 11.1 Å². The number of nitrogens with one attached hydrogen (secondary N) is 1. The summed E-state index contributed by atoms with van der Waals surface area (Å²) < 4.78 is 0. The van der Waals surface area contributed by atoms with Crippen molar-refractivity contribution in [2.45, 2.75) is 46.2 Å². The van der Waals surface area contributed by atoms with Crippen molar-refractivity contribution >= 4 is 5.91 Å². The van der Waals surface area contributed by atoms with E-state index in [1.165, 1.54) is 5.56 Å². The minimum Gasteiger partial charge on any atom is -0.348 e. The van der Waals surface area contributed by atoms with E-state index in [9.17, 15) is 4.79 Å². The summed E-state index contributed by atoms with van der Waals surface area (Å²) in [5.74, 6) is 0.132. The van der Waals surface area contributed by atoms with Crippen LogP contribution in [0.4, 0.5) is 0 Å². The molecule has 1 rings (SSSR count). The molecule has 1 aromatic rings. The van der Waals surface area contributed by atoms with Crippen molar-refractivity contribution in [2.75, 3.05) is 0 Å². The zero-order chi connectivity index (χ0) is 13.7. The van der Waals surface area contributed by atoms with Crippen molar-refractivity contribution in [3.8, 4) is 0 Å². The Balaban J connectivity index is 2.65. The lowest BCUT2D eigenvalue weighted by atomic mass is 9.98. The predicted octanol–water partition coefficient (Wildman–Crippen LogP) is 2.55. The Kier molecular flexibility index (Phi) is 5.35. The average molecular weight is 248 g/mol. The van der Waals surface area contributed by atoms with Crippen LogP contribution in [0.5, 0.6) is 0 Å². The highest BCUT2D eigenvalue weighted by molar-refractivity contribution is 5.82. The highest BCUT2D eigenvalue weighted by Crippen LogP contribution is 2.14. The van der Waals surface area contributed by atoms with E-state index in [0.717, 1.165) is 12.0 Å². The number of hydrogen-bond donors (Lipinski definition) is 2. The monoisotopic (exact) mass is 248 g/mol. The largest absolute Gasteiger partial charge is 0.348 e. The van der Waals surface area contributed by atoms with Crippen molar-refractivity contribution in [2.24, 2.45) is 11.7 Å². The topological polar surface area (TPSA) is 55.1 Å². The number of amides is 1. The summed E-state index contributed by atoms with van der Waals surface area (Å²) in [6.07, 6.45) is 0.910. The summed E-state index contributed by atoms with van der Waals surface area (Å²) in [7, 11) is 0. The Hall–Kier alpha value is -1.35. The van der Waals surface area contributed by atoms with E-state index in [2.05, 4.69) is 11.4 Å². The van der Waals surface area contributed by atoms with Gasteiger partial charge in [0.15, 0.2) is 0 Å². The average Bonchev–Trinajstić information content (AvgIpc) is 2.36. The predicted molar refractivity (Wildman–Crippen MR) is 75.2 cm³/mol. The summed E-state index contributed by atoms with van der Waals surface area (Å²) in [4.78, 5) is 12.0. The Labute approximate surface area is 110 Å². The van der Waals surface area contributed by atoms with Crippen LogP contribution in [-0.2, 0) is 4.79 Å². The first-order chi connectivity index (χ1) is 8.45. The van der Waals surface area contributed by atoms with Crippen LogP contribution in [0, 0.1) is 12.8 Å². The molecule has 0 aliphatic carbocycles. The van der Waals surface area contributed by atoms with E-state index in [1.807, 2.05) is 45.9 Å². The molecule has 0 radical (unpaired) electrons. The molecule has 3 N–H and O–H groups in total. The van der Waals surface area contributed by atoms with Crippen molar-refractivity contribution < 1.29 is 4.79 Å². The lowest BCUT2D eigenvalue weighted by molar-refractivity contribution is -0.124. The zero-order valence-electron chi connectivity index (χ0n) is 11.7. The van der Waals surface area contributed by atoms with Crippen LogP contribution in [0.3, 0.4) is 0 Å². The zero-order valence-corrected chi connectivity index (χ0v) is 11.7. The molecule has 0 aromatic heterocycles. The van der Waals surface area contributed by atoms with Crippen molar-refractivity contribution in [1.82, 2.24) is 5.32 Å². The van der Waals surface area contributed by atoms with Gasteiger partial charge in [-0.25, -0.2) is 0 Å². The molecule has 100 valence electrons. The molecule has 0 spiro atoms. The molecule has 0 bridgehead atoms. The number of benzene rings is 1. The molecule has 1 amide bonds. The van der Waals surface area contributed by atoms with Crippen molar-refractivity contribution in [3.05, 3.63) is 35.4 Å². The fourth-order valence-electron chi connectivity index (χ4n) is 1.84. The second kappa shape index (κ2) is 6.55. The molecule has 0 aliphatic heterocycles. The smallest absolute Gasteiger partial charge is 0.237 e. The Morgan fingerprint density at radius 1 is 1.39 bits per heavy atom. The number of nitrogens with two attached hydrogens (primary N) is 1. The minimum absolute atomic E-state index is 0.00694. The molecule has 3 atom stereocenters. The van der Waals surface area contributed by atoms with Crippen molar-refractivity contribution in [1.29, 1.82) is 0 Å². The van der Waals surface area contributed by atoms with Gasteiger partial charge in [-0.05, 0) is 25.3 Å². The minimum atomic E-state index is -0.428. The summed E-state index contributed by atoms with van der Waals surface area (Å²) in [6, 6.07) is 7.71. The van der Waals surface area contributed by atoms with E-state index in [0.29, 0.717) is 0 Å². The van der Waals surface area contributed by atoms with Gasteiger partial charge in [-0.3, -0.25) is 4.79 Å². The van der Waals surface area contributed by atoms with Gasteiger partial charge in [0.2, 0.25) is 5.91 Å². The van der Waals surface area contributed by atoms with Crippen molar-refractivity contribution in [3.63, 3.8) is 0 Å². The van der Waals surface area contributed by atoms with Crippen LogP contribution in [0.2, 0.25) is 0 Å². The summed E-state index contributed by atoms with van der Waals surface area (Å²) in [6.45, 7) is 8.07. The molecular formula is C15H24N2O. The number of hydrogen-bond acceptors (Lipinski definition) is 2. The van der Waals surface area contributed by atoms with E-state index < -0.39 is 6.04 Å². The normalized spacial score (nSPS) is 15.8. The number of aryl methyl sites for hydroxylation is 1. The summed E-state index contributed by atoms with van der Waals surface area (Å²) in [5.41, 5.74) is 8.22. The van der Waals surface area contributed by atoms with Gasteiger partial charge < -0.3 is 11.1 Å². The SMILES string of the molecule is CCC(C)C(N)C(=O)N[C@H](C)c1cccc(C)c1. The van der Waals surface area contributed by atoms with E-state index in [1.54, 1.807) is 0 Å². The number of carbonyl (C=O) groups is 1. The van der Waals surface area contributed by atoms with Crippen LogP contribution in [0.15, 0.2) is 24.3 Å². The standard InChI is InChI=1S/C15H24N2O/c1-5-11(3)14(16)15(18)17-12(4)13-8-6-7-10(2)9-13/h6-9,11-12,14H,5,16H2,1-4H3,(H,17,18)/t11?,12-,14?/m1/s1. The molecule has 3 heteroatoms. The Morgan fingerprint density at radius 2 is 2.06 bits per heavy atom. The maximum atomic E-state index is 12.0. The molecule has 0 fully saturated rings. The van der Waals surface area contributed by atoms with Gasteiger partial charge in [-0.15, -0.1) is 0 Å². The second-order valence-corrected chi connectivity index (χ2v) is 5.06. The highest BCUT2D eigenvalue weighted by atomic mass is 16.2. The van der Waals surface area contributed by atoms with Gasteiger partial charge in [0, 0.05) is 0 Å². The van der Waals surface area contributed by atoms with E-state index in [4.69, 9.17) is 5.73 Å². The van der Waals surface area contributed by atoms with Gasteiger partial charge in [-0.1, -0.05) is 50.1 Å². The van der Waals surface area contributed by atoms with Gasteiger partial charge in [0.05, 0.1) is 12.1 Å². The first kappa shape index (κ1) is 14.7. The third-order valence-corrected chi connectivity index (χ3v) is 3.46. The Bertz CT molecular complexity index is 403. The fourth-order valence-corrected chi connectivity index (χ4v) is 1.84. The van der Waals surface area contributed by atoms with Crippen LogP contribution in [0.25, 0.3) is 0 Å². The first-order valence-corrected chi connectivity index (χ1v) is 6.58. The van der Waals surface area contributed by atoms with Crippen LogP contribution >= 0.6 is 0 Å². The lowest BCUT2D eigenvalue weighted by Crippen LogP contribution is -2.45. The van der Waals surface area contributed by atoms with Gasteiger partial charge in [-0.2, -0.15) is 0 Å². The summed E-state index contributed by atoms with van der Waals surface area (Å²) in [5, 5.41) is 2.97. The third-order valence-electron chi connectivity index (χ3n) is 3.46. The maximum absolute atomic E-state index is 12.0. The number of rotatable bonds is 5. The molecule has 1 aromatic carbocycles. The third kappa shape index (κ3) is 3.84. The molecule has 3 nitrogen and oxygen atoms in total. The van der Waals surface area contributed by atoms with Gasteiger partial charge >= 0.3 is 0 Å². The van der Waals surface area contributed by atoms with E-state index >= 15 is 0 Å². The van der Waals surface area contributed by atoms with Crippen LogP contribution in [0.1, 0.15) is 44.4 Å². The quantitative estimate of drug-likeness (QED) is 0.841. The first-order valence-electron chi connectivity index (χ1n) is 6.58. The van der Waals surface area contributed by atoms with Crippen LogP contribution in [-0.4, -0.2) is 11.9 Å². The van der Waals surface area contributed by atoms with E-state index in [-0.39, 0.29) is 17.9 Å². The molecule has 18 heavy (non-hydrogen) atoms. The molecule has 0 aliphatic rings. The fraction of sp³-hybridized carbons (Fsp3) is 0.533. The molecule has 0 saturated heterocycles. The maximum Gasteiger partial charge on any atom is 0.237 e. The molecule has 0 heterocycles. The van der Waals surface area contributed by atoms with Gasteiger partial charge in [0.25, 0.3) is 0 Å². The highest BCUT2D eigenvalue weighted by Gasteiger charge is 2.21. The Morgan fingerprint density at radius 3 is 2.61 bits per heavy atom.